The van der Waals surface area contributed by atoms with Crippen LogP contribution in [0, 0.1) is 0 Å². The van der Waals surface area contributed by atoms with E-state index < -0.39 is 16.0 Å². The molecule has 5 rings (SSSR count). The smallest absolute Gasteiger partial charge is 0.339 e. The molecule has 0 unspecified atom stereocenters. The molecule has 0 spiro atoms. The van der Waals surface area contributed by atoms with Gasteiger partial charge in [-0.05, 0) is 70.1 Å². The van der Waals surface area contributed by atoms with Crippen LogP contribution in [0.5, 0.6) is 11.5 Å². The van der Waals surface area contributed by atoms with Gasteiger partial charge in [0.05, 0.1) is 18.6 Å². The van der Waals surface area contributed by atoms with Crippen molar-refractivity contribution in [1.82, 2.24) is 4.90 Å². The predicted molar refractivity (Wildman–Crippen MR) is 143 cm³/mol. The Morgan fingerprint density at radius 1 is 0.838 bits per heavy atom. The lowest BCUT2D eigenvalue weighted by atomic mass is 10.1. The van der Waals surface area contributed by atoms with E-state index in [1.165, 1.54) is 36.3 Å². The maximum Gasteiger partial charge on any atom is 0.339 e. The first-order valence-corrected chi connectivity index (χ1v) is 13.5. The lowest BCUT2D eigenvalue weighted by Gasteiger charge is -2.13. The summed E-state index contributed by atoms with van der Waals surface area (Å²) in [7, 11) is -2.71. The average molecular weight is 532 g/mol. The van der Waals surface area contributed by atoms with E-state index in [-0.39, 0.29) is 33.1 Å². The van der Waals surface area contributed by atoms with Crippen LogP contribution >= 0.6 is 11.8 Å². The number of imide groups is 1. The Morgan fingerprint density at radius 3 is 2.32 bits per heavy atom. The van der Waals surface area contributed by atoms with Crippen LogP contribution < -0.4 is 8.92 Å². The molecule has 0 bridgehead atoms. The summed E-state index contributed by atoms with van der Waals surface area (Å²) < 4.78 is 36.0. The Labute approximate surface area is 218 Å². The van der Waals surface area contributed by atoms with Crippen LogP contribution in [0.2, 0.25) is 0 Å². The summed E-state index contributed by atoms with van der Waals surface area (Å²) >= 11 is 0.834. The highest BCUT2D eigenvalue weighted by atomic mass is 32.2. The van der Waals surface area contributed by atoms with Crippen molar-refractivity contribution in [2.75, 3.05) is 7.11 Å². The van der Waals surface area contributed by atoms with Gasteiger partial charge in [-0.3, -0.25) is 14.5 Å². The SMILES string of the molecule is COc1ccc(/C=C2\SC(=O)N(Cc3ccc4ccccc4c3)C2=O)cc1OS(=O)(=O)c1ccccc1. The van der Waals surface area contributed by atoms with Gasteiger partial charge in [0.25, 0.3) is 11.1 Å². The maximum absolute atomic E-state index is 13.1. The minimum absolute atomic E-state index is 0.00253. The molecule has 186 valence electrons. The summed E-state index contributed by atoms with van der Waals surface area (Å²) in [4.78, 5) is 27.2. The number of thioether (sulfide) groups is 1. The molecule has 1 aliphatic heterocycles. The fourth-order valence-corrected chi connectivity index (χ4v) is 5.70. The number of fused-ring (bicyclic) bond motifs is 1. The first-order chi connectivity index (χ1) is 17.8. The van der Waals surface area contributed by atoms with Crippen LogP contribution in [0.25, 0.3) is 16.8 Å². The molecule has 4 aromatic rings. The molecule has 0 saturated carbocycles. The molecule has 7 nitrogen and oxygen atoms in total. The van der Waals surface area contributed by atoms with Crippen molar-refractivity contribution >= 4 is 49.9 Å². The number of hydrogen-bond donors (Lipinski definition) is 0. The van der Waals surface area contributed by atoms with Gasteiger partial charge in [0.15, 0.2) is 11.5 Å². The number of methoxy groups -OCH3 is 1. The van der Waals surface area contributed by atoms with E-state index in [1.54, 1.807) is 30.3 Å². The van der Waals surface area contributed by atoms with Crippen molar-refractivity contribution in [3.05, 3.63) is 107 Å². The third-order valence-electron chi connectivity index (χ3n) is 5.74. The zero-order valence-corrected chi connectivity index (χ0v) is 21.3. The molecule has 4 aromatic carbocycles. The van der Waals surface area contributed by atoms with Gasteiger partial charge in [-0.1, -0.05) is 60.7 Å². The predicted octanol–water partition coefficient (Wildman–Crippen LogP) is 5.85. The van der Waals surface area contributed by atoms with Crippen molar-refractivity contribution in [3.8, 4) is 11.5 Å². The average Bonchev–Trinajstić information content (AvgIpc) is 3.16. The Hall–Kier alpha value is -4.08. The number of amides is 2. The number of carbonyl (C=O) groups excluding carboxylic acids is 2. The highest BCUT2D eigenvalue weighted by Crippen LogP contribution is 2.36. The molecule has 1 heterocycles. The maximum atomic E-state index is 13.1. The molecule has 0 aliphatic carbocycles. The molecule has 1 fully saturated rings. The number of hydrogen-bond acceptors (Lipinski definition) is 7. The van der Waals surface area contributed by atoms with Gasteiger partial charge < -0.3 is 8.92 Å². The van der Waals surface area contributed by atoms with E-state index >= 15 is 0 Å². The number of nitrogens with zero attached hydrogens (tertiary/aromatic N) is 1. The molecule has 0 N–H and O–H groups in total. The Kier molecular flexibility index (Phi) is 6.73. The van der Waals surface area contributed by atoms with Crippen LogP contribution in [0.15, 0.2) is 101 Å². The molecule has 1 saturated heterocycles. The topological polar surface area (TPSA) is 90.0 Å². The van der Waals surface area contributed by atoms with Gasteiger partial charge >= 0.3 is 10.1 Å². The number of carbonyl (C=O) groups is 2. The molecule has 9 heteroatoms. The van der Waals surface area contributed by atoms with Crippen LogP contribution in [-0.2, 0) is 21.5 Å². The lowest BCUT2D eigenvalue weighted by molar-refractivity contribution is -0.123. The second kappa shape index (κ2) is 10.1. The third-order valence-corrected chi connectivity index (χ3v) is 7.90. The zero-order valence-electron chi connectivity index (χ0n) is 19.7. The van der Waals surface area contributed by atoms with Gasteiger partial charge in [0.2, 0.25) is 0 Å². The van der Waals surface area contributed by atoms with Crippen molar-refractivity contribution in [2.24, 2.45) is 0 Å². The number of rotatable bonds is 7. The number of benzene rings is 4. The van der Waals surface area contributed by atoms with Gasteiger partial charge in [-0.15, -0.1) is 0 Å². The second-order valence-electron chi connectivity index (χ2n) is 8.21. The van der Waals surface area contributed by atoms with Crippen LogP contribution in [0.4, 0.5) is 4.79 Å². The summed E-state index contributed by atoms with van der Waals surface area (Å²) in [6, 6.07) is 26.1. The molecular weight excluding hydrogens is 510 g/mol. The van der Waals surface area contributed by atoms with Gasteiger partial charge in [0, 0.05) is 0 Å². The van der Waals surface area contributed by atoms with Crippen molar-refractivity contribution in [2.45, 2.75) is 11.4 Å². The molecule has 37 heavy (non-hydrogen) atoms. The first-order valence-electron chi connectivity index (χ1n) is 11.2. The van der Waals surface area contributed by atoms with E-state index in [1.807, 2.05) is 42.5 Å². The Morgan fingerprint density at radius 2 is 1.57 bits per heavy atom. The quantitative estimate of drug-likeness (QED) is 0.218. The summed E-state index contributed by atoms with van der Waals surface area (Å²) in [5.74, 6) is -0.241. The van der Waals surface area contributed by atoms with Crippen molar-refractivity contribution < 1.29 is 26.9 Å². The van der Waals surface area contributed by atoms with Crippen molar-refractivity contribution in [3.63, 3.8) is 0 Å². The molecule has 1 aliphatic rings. The highest BCUT2D eigenvalue weighted by Gasteiger charge is 2.35. The standard InChI is InChI=1S/C28H21NO6S2/c1-34-24-14-12-19(16-25(24)35-37(32,33)23-9-3-2-4-10-23)17-26-27(30)29(28(31)36-26)18-20-11-13-21-7-5-6-8-22(21)15-20/h2-17H,18H2,1H3/b26-17-. The summed E-state index contributed by atoms with van der Waals surface area (Å²) in [6.07, 6.45) is 1.53. The lowest BCUT2D eigenvalue weighted by Crippen LogP contribution is -2.27. The van der Waals surface area contributed by atoms with E-state index in [0.29, 0.717) is 5.56 Å². The van der Waals surface area contributed by atoms with Crippen LogP contribution in [0.3, 0.4) is 0 Å². The van der Waals surface area contributed by atoms with E-state index in [4.69, 9.17) is 8.92 Å². The summed E-state index contributed by atoms with van der Waals surface area (Å²) in [5, 5.41) is 1.73. The Balaban J connectivity index is 1.39. The number of ether oxygens (including phenoxy) is 1. The Bertz CT molecular complexity index is 1650. The summed E-state index contributed by atoms with van der Waals surface area (Å²) in [5.41, 5.74) is 1.32. The zero-order chi connectivity index (χ0) is 26.0. The fraction of sp³-hybridized carbons (Fsp3) is 0.0714. The van der Waals surface area contributed by atoms with Gasteiger partial charge in [-0.2, -0.15) is 8.42 Å². The highest BCUT2D eigenvalue weighted by molar-refractivity contribution is 8.18. The minimum Gasteiger partial charge on any atom is -0.493 e. The van der Waals surface area contributed by atoms with E-state index in [0.717, 1.165) is 28.1 Å². The third kappa shape index (κ3) is 5.23. The van der Waals surface area contributed by atoms with Crippen LogP contribution in [0.1, 0.15) is 11.1 Å². The minimum atomic E-state index is -4.10. The van der Waals surface area contributed by atoms with Crippen LogP contribution in [-0.4, -0.2) is 31.6 Å². The largest absolute Gasteiger partial charge is 0.493 e. The second-order valence-corrected chi connectivity index (χ2v) is 10.7. The van der Waals surface area contributed by atoms with Gasteiger partial charge in [-0.25, -0.2) is 0 Å². The van der Waals surface area contributed by atoms with Crippen molar-refractivity contribution in [1.29, 1.82) is 0 Å². The van der Waals surface area contributed by atoms with E-state index in [2.05, 4.69) is 0 Å². The monoisotopic (exact) mass is 531 g/mol. The molecular formula is C28H21NO6S2. The molecule has 0 aromatic heterocycles. The summed E-state index contributed by atoms with van der Waals surface area (Å²) in [6.45, 7) is 0.152. The normalized spacial score (nSPS) is 14.9. The molecule has 0 atom stereocenters. The molecule has 0 radical (unpaired) electrons. The molecule has 2 amide bonds. The van der Waals surface area contributed by atoms with Gasteiger partial charge in [0.1, 0.15) is 4.90 Å². The van der Waals surface area contributed by atoms with E-state index in [9.17, 15) is 18.0 Å². The first kappa shape index (κ1) is 24.6. The fourth-order valence-electron chi connectivity index (χ4n) is 3.91.